The fraction of sp³-hybridized carbons (Fsp3) is 0.348. The van der Waals surface area contributed by atoms with Gasteiger partial charge in [0.1, 0.15) is 0 Å². The Morgan fingerprint density at radius 1 is 0.923 bits per heavy atom. The van der Waals surface area contributed by atoms with E-state index in [9.17, 15) is 0 Å². The number of hydrogen-bond acceptors (Lipinski definition) is 3. The lowest BCUT2D eigenvalue weighted by Gasteiger charge is -2.19. The van der Waals surface area contributed by atoms with Gasteiger partial charge in [-0.05, 0) is 37.2 Å². The Bertz CT molecular complexity index is 836. The summed E-state index contributed by atoms with van der Waals surface area (Å²) in [6.07, 6.45) is 1.06. The van der Waals surface area contributed by atoms with Crippen molar-refractivity contribution in [3.8, 4) is 11.3 Å². The first-order valence-corrected chi connectivity index (χ1v) is 9.70. The standard InChI is InChI=1S/C23H29N3/c1-4-18-11-13-19(14-12-18)22-17-23(24-15-16-26(5-2)6-3)20-9-7-8-10-21(20)25-22/h7-14,17H,4-6,15-16H2,1-3H3,(H,24,25). The van der Waals surface area contributed by atoms with Gasteiger partial charge in [0.2, 0.25) is 0 Å². The molecule has 0 fully saturated rings. The predicted octanol–water partition coefficient (Wildman–Crippen LogP) is 5.22. The van der Waals surface area contributed by atoms with Gasteiger partial charge in [-0.1, -0.05) is 63.2 Å². The van der Waals surface area contributed by atoms with E-state index in [1.807, 2.05) is 0 Å². The average molecular weight is 348 g/mol. The third-order valence-corrected chi connectivity index (χ3v) is 5.01. The molecule has 0 radical (unpaired) electrons. The van der Waals surface area contributed by atoms with E-state index in [2.05, 4.69) is 85.6 Å². The zero-order valence-corrected chi connectivity index (χ0v) is 16.1. The average Bonchev–Trinajstić information content (AvgIpc) is 2.71. The van der Waals surface area contributed by atoms with Crippen molar-refractivity contribution in [2.45, 2.75) is 27.2 Å². The van der Waals surface area contributed by atoms with E-state index >= 15 is 0 Å². The Morgan fingerprint density at radius 2 is 1.65 bits per heavy atom. The normalized spacial score (nSPS) is 11.2. The summed E-state index contributed by atoms with van der Waals surface area (Å²) >= 11 is 0. The summed E-state index contributed by atoms with van der Waals surface area (Å²) in [5.41, 5.74) is 5.75. The van der Waals surface area contributed by atoms with Gasteiger partial charge in [0, 0.05) is 29.7 Å². The molecule has 0 unspecified atom stereocenters. The summed E-state index contributed by atoms with van der Waals surface area (Å²) in [7, 11) is 0. The molecule has 0 spiro atoms. The lowest BCUT2D eigenvalue weighted by Crippen LogP contribution is -2.28. The highest BCUT2D eigenvalue weighted by Crippen LogP contribution is 2.28. The number of fused-ring (bicyclic) bond motifs is 1. The molecule has 0 atom stereocenters. The van der Waals surface area contributed by atoms with E-state index in [0.29, 0.717) is 0 Å². The minimum Gasteiger partial charge on any atom is -0.383 e. The quantitative estimate of drug-likeness (QED) is 0.606. The number of benzene rings is 2. The van der Waals surface area contributed by atoms with Gasteiger partial charge in [-0.25, -0.2) is 4.98 Å². The van der Waals surface area contributed by atoms with Crippen molar-refractivity contribution in [2.75, 3.05) is 31.5 Å². The van der Waals surface area contributed by atoms with E-state index in [-0.39, 0.29) is 0 Å². The van der Waals surface area contributed by atoms with E-state index in [4.69, 9.17) is 4.98 Å². The van der Waals surface area contributed by atoms with Crippen LogP contribution in [0.5, 0.6) is 0 Å². The number of hydrogen-bond donors (Lipinski definition) is 1. The molecule has 0 bridgehead atoms. The first-order chi connectivity index (χ1) is 12.7. The molecule has 1 aromatic heterocycles. The Hall–Kier alpha value is -2.39. The van der Waals surface area contributed by atoms with Crippen LogP contribution in [-0.4, -0.2) is 36.1 Å². The largest absolute Gasteiger partial charge is 0.383 e. The molecule has 3 rings (SSSR count). The monoisotopic (exact) mass is 347 g/mol. The van der Waals surface area contributed by atoms with Crippen molar-refractivity contribution < 1.29 is 0 Å². The fourth-order valence-electron chi connectivity index (χ4n) is 3.27. The van der Waals surface area contributed by atoms with E-state index < -0.39 is 0 Å². The number of nitrogens with one attached hydrogen (secondary N) is 1. The first kappa shape index (κ1) is 18.4. The lowest BCUT2D eigenvalue weighted by molar-refractivity contribution is 0.316. The van der Waals surface area contributed by atoms with Crippen LogP contribution in [0.4, 0.5) is 5.69 Å². The molecular weight excluding hydrogens is 318 g/mol. The van der Waals surface area contributed by atoms with Crippen LogP contribution in [0.1, 0.15) is 26.3 Å². The topological polar surface area (TPSA) is 28.2 Å². The Balaban J connectivity index is 1.90. The molecule has 0 saturated carbocycles. The first-order valence-electron chi connectivity index (χ1n) is 9.70. The maximum absolute atomic E-state index is 4.89. The maximum Gasteiger partial charge on any atom is 0.0730 e. The van der Waals surface area contributed by atoms with Gasteiger partial charge in [0.05, 0.1) is 11.2 Å². The highest BCUT2D eigenvalue weighted by molar-refractivity contribution is 5.93. The lowest BCUT2D eigenvalue weighted by atomic mass is 10.0. The second kappa shape index (κ2) is 8.81. The van der Waals surface area contributed by atoms with E-state index in [1.165, 1.54) is 16.5 Å². The fourth-order valence-corrected chi connectivity index (χ4v) is 3.27. The summed E-state index contributed by atoms with van der Waals surface area (Å²) < 4.78 is 0. The van der Waals surface area contributed by atoms with Gasteiger partial charge in [0.25, 0.3) is 0 Å². The second-order valence-electron chi connectivity index (χ2n) is 6.58. The molecule has 3 nitrogen and oxygen atoms in total. The Kier molecular flexibility index (Phi) is 6.24. The van der Waals surface area contributed by atoms with Crippen LogP contribution in [0.25, 0.3) is 22.2 Å². The van der Waals surface area contributed by atoms with Crippen molar-refractivity contribution in [3.05, 3.63) is 60.2 Å². The number of aryl methyl sites for hydroxylation is 1. The molecule has 3 heteroatoms. The molecule has 0 saturated heterocycles. The molecule has 1 heterocycles. The van der Waals surface area contributed by atoms with Crippen LogP contribution in [0.15, 0.2) is 54.6 Å². The summed E-state index contributed by atoms with van der Waals surface area (Å²) in [6, 6.07) is 19.3. The molecule has 3 aromatic rings. The van der Waals surface area contributed by atoms with Crippen molar-refractivity contribution in [2.24, 2.45) is 0 Å². The molecule has 136 valence electrons. The highest BCUT2D eigenvalue weighted by atomic mass is 15.1. The van der Waals surface area contributed by atoms with Crippen LogP contribution in [0.3, 0.4) is 0 Å². The molecule has 26 heavy (non-hydrogen) atoms. The smallest absolute Gasteiger partial charge is 0.0730 e. The molecule has 2 aromatic carbocycles. The van der Waals surface area contributed by atoms with Crippen molar-refractivity contribution in [1.29, 1.82) is 0 Å². The number of rotatable bonds is 8. The number of nitrogens with zero attached hydrogens (tertiary/aromatic N) is 2. The second-order valence-corrected chi connectivity index (χ2v) is 6.58. The van der Waals surface area contributed by atoms with Crippen LogP contribution in [-0.2, 0) is 6.42 Å². The SMILES string of the molecule is CCc1ccc(-c2cc(NCCN(CC)CC)c3ccccc3n2)cc1. The summed E-state index contributed by atoms with van der Waals surface area (Å²) in [5.74, 6) is 0. The number of anilines is 1. The van der Waals surface area contributed by atoms with Gasteiger partial charge in [-0.2, -0.15) is 0 Å². The maximum atomic E-state index is 4.89. The molecular formula is C23H29N3. The molecule has 0 aliphatic rings. The zero-order valence-electron chi connectivity index (χ0n) is 16.1. The Morgan fingerprint density at radius 3 is 2.35 bits per heavy atom. The molecule has 0 aliphatic heterocycles. The van der Waals surface area contributed by atoms with Crippen LogP contribution >= 0.6 is 0 Å². The van der Waals surface area contributed by atoms with Crippen LogP contribution in [0, 0.1) is 0 Å². The summed E-state index contributed by atoms with van der Waals surface area (Å²) in [6.45, 7) is 10.8. The summed E-state index contributed by atoms with van der Waals surface area (Å²) in [5, 5.41) is 4.82. The number of para-hydroxylation sites is 1. The Labute approximate surface area is 157 Å². The minimum absolute atomic E-state index is 0.934. The van der Waals surface area contributed by atoms with Gasteiger partial charge in [-0.15, -0.1) is 0 Å². The van der Waals surface area contributed by atoms with Crippen LogP contribution in [0.2, 0.25) is 0 Å². The van der Waals surface area contributed by atoms with Crippen molar-refractivity contribution in [3.63, 3.8) is 0 Å². The molecule has 1 N–H and O–H groups in total. The van der Waals surface area contributed by atoms with Crippen LogP contribution < -0.4 is 5.32 Å². The van der Waals surface area contributed by atoms with Gasteiger partial charge >= 0.3 is 0 Å². The van der Waals surface area contributed by atoms with Gasteiger partial charge in [-0.3, -0.25) is 0 Å². The highest BCUT2D eigenvalue weighted by Gasteiger charge is 2.08. The van der Waals surface area contributed by atoms with E-state index in [1.54, 1.807) is 0 Å². The van der Waals surface area contributed by atoms with Gasteiger partial charge < -0.3 is 10.2 Å². The minimum atomic E-state index is 0.934. The zero-order chi connectivity index (χ0) is 18.4. The van der Waals surface area contributed by atoms with Crippen molar-refractivity contribution >= 4 is 16.6 Å². The predicted molar refractivity (Wildman–Crippen MR) is 113 cm³/mol. The number of likely N-dealkylation sites (N-methyl/N-ethyl adjacent to an activating group) is 1. The third kappa shape index (κ3) is 4.23. The molecule has 0 amide bonds. The number of aromatic nitrogens is 1. The van der Waals surface area contributed by atoms with Crippen molar-refractivity contribution in [1.82, 2.24) is 9.88 Å². The third-order valence-electron chi connectivity index (χ3n) is 5.01. The van der Waals surface area contributed by atoms with Gasteiger partial charge in [0.15, 0.2) is 0 Å². The molecule has 0 aliphatic carbocycles. The summed E-state index contributed by atoms with van der Waals surface area (Å²) in [4.78, 5) is 7.32. The van der Waals surface area contributed by atoms with E-state index in [0.717, 1.165) is 49.5 Å². The number of pyridine rings is 1.